The molecule has 1 heterocycles. The number of carbonyl (C=O) groups is 3. The maximum absolute atomic E-state index is 11.9. The highest BCUT2D eigenvalue weighted by molar-refractivity contribution is 5.96. The van der Waals surface area contributed by atoms with Crippen molar-refractivity contribution in [3.63, 3.8) is 0 Å². The molecule has 2 fully saturated rings. The van der Waals surface area contributed by atoms with Crippen LogP contribution in [0.2, 0.25) is 0 Å². The predicted octanol–water partition coefficient (Wildman–Crippen LogP) is 1.56. The van der Waals surface area contributed by atoms with Gasteiger partial charge >= 0.3 is 5.97 Å². The molecule has 5 nitrogen and oxygen atoms in total. The average Bonchev–Trinajstić information content (AvgIpc) is 2.40. The van der Waals surface area contributed by atoms with E-state index in [4.69, 9.17) is 5.11 Å². The van der Waals surface area contributed by atoms with E-state index in [1.807, 2.05) is 0 Å². The third-order valence-electron chi connectivity index (χ3n) is 4.07. The first kappa shape index (κ1) is 13.1. The van der Waals surface area contributed by atoms with Crippen LogP contribution in [0, 0.1) is 5.41 Å². The van der Waals surface area contributed by atoms with E-state index in [0.717, 1.165) is 32.1 Å². The first-order chi connectivity index (χ1) is 8.52. The second-order valence-corrected chi connectivity index (χ2v) is 5.50. The average molecular weight is 253 g/mol. The van der Waals surface area contributed by atoms with E-state index in [9.17, 15) is 14.4 Å². The van der Waals surface area contributed by atoms with Gasteiger partial charge in [-0.25, -0.2) is 0 Å². The van der Waals surface area contributed by atoms with Crippen LogP contribution >= 0.6 is 0 Å². The Morgan fingerprint density at radius 3 is 2.06 bits per heavy atom. The van der Waals surface area contributed by atoms with Crippen molar-refractivity contribution >= 4 is 17.8 Å². The monoisotopic (exact) mass is 253 g/mol. The lowest BCUT2D eigenvalue weighted by molar-refractivity contribution is -0.151. The molecule has 2 amide bonds. The van der Waals surface area contributed by atoms with E-state index < -0.39 is 5.97 Å². The van der Waals surface area contributed by atoms with Crippen LogP contribution in [-0.4, -0.2) is 34.3 Å². The normalized spacial score (nSPS) is 23.4. The predicted molar refractivity (Wildman–Crippen MR) is 63.7 cm³/mol. The molecular formula is C13H19NO4. The lowest BCUT2D eigenvalue weighted by Gasteiger charge is -2.43. The molecule has 0 aromatic heterocycles. The molecule has 0 aromatic carbocycles. The maximum Gasteiger partial charge on any atom is 0.303 e. The second-order valence-electron chi connectivity index (χ2n) is 5.50. The number of carbonyl (C=O) groups excluding carboxylic acids is 2. The number of imide groups is 1. The van der Waals surface area contributed by atoms with Gasteiger partial charge in [0.05, 0.1) is 6.42 Å². The third-order valence-corrected chi connectivity index (χ3v) is 4.07. The number of carboxylic acids is 1. The van der Waals surface area contributed by atoms with Crippen molar-refractivity contribution in [3.8, 4) is 0 Å². The largest absolute Gasteiger partial charge is 0.481 e. The molecular weight excluding hydrogens is 234 g/mol. The lowest BCUT2D eigenvalue weighted by Crippen LogP contribution is -2.47. The highest BCUT2D eigenvalue weighted by atomic mass is 16.4. The summed E-state index contributed by atoms with van der Waals surface area (Å²) in [5.74, 6) is -1.10. The van der Waals surface area contributed by atoms with Crippen molar-refractivity contribution in [2.75, 3.05) is 6.54 Å². The summed E-state index contributed by atoms with van der Waals surface area (Å²) in [5, 5.41) is 8.94. The molecule has 100 valence electrons. The Kier molecular flexibility index (Phi) is 3.68. The molecule has 0 aromatic rings. The molecule has 1 N–H and O–H groups in total. The van der Waals surface area contributed by atoms with Crippen LogP contribution in [0.5, 0.6) is 0 Å². The van der Waals surface area contributed by atoms with Gasteiger partial charge in [0.25, 0.3) is 0 Å². The van der Waals surface area contributed by atoms with E-state index in [2.05, 4.69) is 0 Å². The topological polar surface area (TPSA) is 74.7 Å². The number of rotatable bonds is 4. The van der Waals surface area contributed by atoms with Gasteiger partial charge in [0.2, 0.25) is 11.8 Å². The first-order valence-electron chi connectivity index (χ1n) is 6.57. The van der Waals surface area contributed by atoms with E-state index in [0.29, 0.717) is 19.4 Å². The Bertz CT molecular complexity index is 355. The van der Waals surface area contributed by atoms with Gasteiger partial charge < -0.3 is 5.11 Å². The Hall–Kier alpha value is -1.39. The van der Waals surface area contributed by atoms with Crippen LogP contribution in [0.1, 0.15) is 51.4 Å². The standard InChI is InChI=1S/C13H19NO4/c15-10-4-1-2-5-11(16)14(10)9-13(6-3-7-13)8-12(17)18/h1-9H2,(H,17,18). The molecule has 0 radical (unpaired) electrons. The van der Waals surface area contributed by atoms with Crippen LogP contribution in [0.25, 0.3) is 0 Å². The molecule has 18 heavy (non-hydrogen) atoms. The molecule has 2 rings (SSSR count). The molecule has 0 atom stereocenters. The minimum atomic E-state index is -0.843. The summed E-state index contributed by atoms with van der Waals surface area (Å²) in [7, 11) is 0. The number of nitrogens with zero attached hydrogens (tertiary/aromatic N) is 1. The van der Waals surface area contributed by atoms with Crippen molar-refractivity contribution in [1.29, 1.82) is 0 Å². The second kappa shape index (κ2) is 5.08. The SMILES string of the molecule is O=C(O)CC1(CN2C(=O)CCCCC2=O)CCC1. The molecule has 0 spiro atoms. The summed E-state index contributed by atoms with van der Waals surface area (Å²) in [4.78, 5) is 36.0. The third kappa shape index (κ3) is 2.71. The van der Waals surface area contributed by atoms with Gasteiger partial charge in [0.1, 0.15) is 0 Å². The van der Waals surface area contributed by atoms with Crippen molar-refractivity contribution in [2.24, 2.45) is 5.41 Å². The van der Waals surface area contributed by atoms with Crippen LogP contribution in [0.4, 0.5) is 0 Å². The summed E-state index contributed by atoms with van der Waals surface area (Å²) in [5.41, 5.74) is -0.360. The Labute approximate surface area is 106 Å². The number of aliphatic carboxylic acids is 1. The molecule has 2 aliphatic rings. The van der Waals surface area contributed by atoms with Gasteiger partial charge in [-0.05, 0) is 31.1 Å². The summed E-state index contributed by atoms with van der Waals surface area (Å²) < 4.78 is 0. The summed E-state index contributed by atoms with van der Waals surface area (Å²) in [6, 6.07) is 0. The number of hydrogen-bond acceptors (Lipinski definition) is 3. The zero-order valence-electron chi connectivity index (χ0n) is 10.5. The first-order valence-corrected chi connectivity index (χ1v) is 6.57. The fourth-order valence-corrected chi connectivity index (χ4v) is 2.86. The maximum atomic E-state index is 11.9. The number of hydrogen-bond donors (Lipinski definition) is 1. The number of amides is 2. The fraction of sp³-hybridized carbons (Fsp3) is 0.769. The van der Waals surface area contributed by atoms with Gasteiger partial charge in [0.15, 0.2) is 0 Å². The van der Waals surface area contributed by atoms with Crippen molar-refractivity contribution in [2.45, 2.75) is 51.4 Å². The number of carboxylic acid groups (broad SMARTS) is 1. The molecule has 0 unspecified atom stereocenters. The van der Waals surface area contributed by atoms with Crippen LogP contribution in [0.3, 0.4) is 0 Å². The van der Waals surface area contributed by atoms with E-state index in [1.165, 1.54) is 4.90 Å². The Morgan fingerprint density at radius 1 is 1.11 bits per heavy atom. The Balaban J connectivity index is 2.07. The van der Waals surface area contributed by atoms with Crippen LogP contribution < -0.4 is 0 Å². The molecule has 0 bridgehead atoms. The van der Waals surface area contributed by atoms with E-state index in [1.54, 1.807) is 0 Å². The molecule has 1 aliphatic heterocycles. The van der Waals surface area contributed by atoms with Gasteiger partial charge in [-0.1, -0.05) is 6.42 Å². The number of likely N-dealkylation sites (tertiary alicyclic amines) is 1. The van der Waals surface area contributed by atoms with Crippen molar-refractivity contribution in [1.82, 2.24) is 4.90 Å². The van der Waals surface area contributed by atoms with E-state index >= 15 is 0 Å². The zero-order valence-corrected chi connectivity index (χ0v) is 10.5. The highest BCUT2D eigenvalue weighted by Crippen LogP contribution is 2.45. The van der Waals surface area contributed by atoms with Gasteiger partial charge in [-0.3, -0.25) is 19.3 Å². The van der Waals surface area contributed by atoms with Crippen molar-refractivity contribution in [3.05, 3.63) is 0 Å². The molecule has 1 saturated carbocycles. The summed E-state index contributed by atoms with van der Waals surface area (Å²) in [6.07, 6.45) is 4.99. The van der Waals surface area contributed by atoms with Gasteiger partial charge in [0, 0.05) is 19.4 Å². The fourth-order valence-electron chi connectivity index (χ4n) is 2.86. The minimum absolute atomic E-state index is 0.0596. The Morgan fingerprint density at radius 2 is 1.67 bits per heavy atom. The van der Waals surface area contributed by atoms with Crippen LogP contribution in [-0.2, 0) is 14.4 Å². The molecule has 5 heteroatoms. The lowest BCUT2D eigenvalue weighted by atomic mass is 9.66. The van der Waals surface area contributed by atoms with Gasteiger partial charge in [-0.2, -0.15) is 0 Å². The summed E-state index contributed by atoms with van der Waals surface area (Å²) in [6.45, 7) is 0.303. The van der Waals surface area contributed by atoms with E-state index in [-0.39, 0.29) is 23.7 Å². The van der Waals surface area contributed by atoms with Crippen molar-refractivity contribution < 1.29 is 19.5 Å². The molecule has 1 saturated heterocycles. The quantitative estimate of drug-likeness (QED) is 0.771. The van der Waals surface area contributed by atoms with Crippen LogP contribution in [0.15, 0.2) is 0 Å². The summed E-state index contributed by atoms with van der Waals surface area (Å²) >= 11 is 0. The zero-order chi connectivity index (χ0) is 13.2. The molecule has 1 aliphatic carbocycles. The minimum Gasteiger partial charge on any atom is -0.481 e. The highest BCUT2D eigenvalue weighted by Gasteiger charge is 2.42. The smallest absolute Gasteiger partial charge is 0.303 e. The van der Waals surface area contributed by atoms with Gasteiger partial charge in [-0.15, -0.1) is 0 Å².